The summed E-state index contributed by atoms with van der Waals surface area (Å²) in [7, 11) is -5.43. The zero-order chi connectivity index (χ0) is 50.6. The van der Waals surface area contributed by atoms with Gasteiger partial charge in [0.05, 0.1) is 20.0 Å². The number of phosphoric ester groups is 1. The second kappa shape index (κ2) is 20.2. The molecule has 0 saturated heterocycles. The van der Waals surface area contributed by atoms with Crippen molar-refractivity contribution in [2.45, 2.75) is 154 Å². The molecule has 16 atom stereocenters. The molecule has 0 radical (unpaired) electrons. The Balaban J connectivity index is 0.000000255. The van der Waals surface area contributed by atoms with Crippen molar-refractivity contribution in [3.05, 3.63) is 47.6 Å². The molecule has 0 amide bonds. The molecule has 0 heterocycles. The summed E-state index contributed by atoms with van der Waals surface area (Å²) >= 11 is 0. The van der Waals surface area contributed by atoms with Gasteiger partial charge in [0.25, 0.3) is 0 Å². The number of hydrogen-bond donors (Lipinski definition) is 3. The van der Waals surface area contributed by atoms with Gasteiger partial charge < -0.3 is 43.7 Å². The van der Waals surface area contributed by atoms with Crippen molar-refractivity contribution in [2.75, 3.05) is 13.2 Å². The van der Waals surface area contributed by atoms with Gasteiger partial charge in [0, 0.05) is 52.3 Å². The number of fused-ring (bicyclic) bond motifs is 10. The second-order valence-corrected chi connectivity index (χ2v) is 22.9. The van der Waals surface area contributed by atoms with Crippen LogP contribution in [-0.4, -0.2) is 98.4 Å². The van der Waals surface area contributed by atoms with Crippen LogP contribution in [0.2, 0.25) is 0 Å². The van der Waals surface area contributed by atoms with Crippen LogP contribution in [-0.2, 0) is 47.3 Å². The Morgan fingerprint density at radius 3 is 1.61 bits per heavy atom. The minimum absolute atomic E-state index is 0. The van der Waals surface area contributed by atoms with Gasteiger partial charge in [-0.3, -0.25) is 28.8 Å². The Hall–Kier alpha value is -1.57. The molecule has 0 aromatic carbocycles. The molecular weight excluding hydrogens is 955 g/mol. The summed E-state index contributed by atoms with van der Waals surface area (Å²) < 4.78 is 60.5. The van der Waals surface area contributed by atoms with Crippen LogP contribution in [0.15, 0.2) is 47.6 Å². The summed E-state index contributed by atoms with van der Waals surface area (Å²) in [6.45, 7) is 11.9. The molecular formula is C50H65F2Na2O15P. The molecule has 4 unspecified atom stereocenters. The number of esters is 2. The third-order valence-corrected chi connectivity index (χ3v) is 19.3. The molecule has 8 aliphatic carbocycles. The number of carbonyl (C=O) groups excluding carboxylic acids is 6. The molecule has 0 spiro atoms. The molecule has 0 bridgehead atoms. The quantitative estimate of drug-likeness (QED) is 0.129. The largest absolute Gasteiger partial charge is 1.00 e. The average molecular weight is 1020 g/mol. The summed E-state index contributed by atoms with van der Waals surface area (Å²) in [4.78, 5) is 96.9. The smallest absolute Gasteiger partial charge is 0.790 e. The first-order valence-corrected chi connectivity index (χ1v) is 25.3. The number of carbonyl (C=O) groups is 6. The maximum atomic E-state index is 17.4. The van der Waals surface area contributed by atoms with E-state index in [-0.39, 0.29) is 109 Å². The fourth-order valence-corrected chi connectivity index (χ4v) is 15.7. The standard InChI is InChI=1S/C28H37FO7.C22H30FO8P.2Na/c1-6-23(33)35-15-22(32)28(36-24(34)7-2)16(3)12-20-19-9-8-17-13-18(30)10-11-25(17,4)27(19,29)21(31)14-26(20,28)5;1-12-8-16-15-5-4-13-9-14(24)6-7-19(13,2)21(15,23)17(25)10-20(16,3)22(12,27)18(26)11-31-32(28,29)30;;/h10-11,13,16,19-21,31H,6-9,12,14-15H2,1-5H3;6-7,9,12,15-17,25,27H,4-5,8,10-11H2,1-3H3,(H2,28,29,30);;/q;;2*+1/p-2/t16-,19-,20-,21-,25-,26-,27?,28-;12-,15?,16?,17-,19-,20-,21?,22-;;/m00../s1. The predicted molar refractivity (Wildman–Crippen MR) is 235 cm³/mol. The Morgan fingerprint density at radius 1 is 0.714 bits per heavy atom. The molecule has 15 nitrogen and oxygen atoms in total. The summed E-state index contributed by atoms with van der Waals surface area (Å²) in [6, 6.07) is 0. The van der Waals surface area contributed by atoms with Crippen LogP contribution in [0, 0.1) is 57.2 Å². The first kappa shape index (κ1) is 59.3. The number of phosphoric acid groups is 1. The van der Waals surface area contributed by atoms with Crippen molar-refractivity contribution in [3.63, 3.8) is 0 Å². The number of halogens is 2. The minimum Gasteiger partial charge on any atom is -0.790 e. The van der Waals surface area contributed by atoms with Crippen LogP contribution in [0.25, 0.3) is 0 Å². The van der Waals surface area contributed by atoms with E-state index in [1.807, 2.05) is 6.92 Å². The van der Waals surface area contributed by atoms with Crippen LogP contribution >= 0.6 is 7.82 Å². The van der Waals surface area contributed by atoms with Crippen molar-refractivity contribution in [1.29, 1.82) is 0 Å². The van der Waals surface area contributed by atoms with Gasteiger partial charge in [0.2, 0.25) is 5.78 Å². The van der Waals surface area contributed by atoms with Crippen molar-refractivity contribution in [2.24, 2.45) is 57.2 Å². The molecule has 0 aromatic heterocycles. The van der Waals surface area contributed by atoms with Gasteiger partial charge in [-0.1, -0.05) is 64.8 Å². The van der Waals surface area contributed by atoms with Gasteiger partial charge in [0.15, 0.2) is 40.9 Å². The number of ketones is 4. The Bertz CT molecular complexity index is 2350. The van der Waals surface area contributed by atoms with Crippen molar-refractivity contribution >= 4 is 42.9 Å². The SMILES string of the molecule is CCC(=O)OCC(=O)[C@@]1(OC(=O)CC)[C@@H](C)C[C@H]2[C@@H]3CCC4=CC(=O)C=C[C@]4(C)C3(F)[C@@H](O)C[C@@]21C.C[C@H]1CC2C3CCC4=CC(=O)C=C[C@]4(C)C3(F)[C@@H](O)C[C@]2(C)[C@@]1(O)C(=O)COP(=O)([O-])[O-].[Na+].[Na+]. The van der Waals surface area contributed by atoms with Gasteiger partial charge in [-0.2, -0.15) is 0 Å². The molecule has 376 valence electrons. The number of ether oxygens (including phenoxy) is 2. The number of alkyl halides is 2. The Morgan fingerprint density at radius 2 is 1.16 bits per heavy atom. The van der Waals surface area contributed by atoms with Crippen LogP contribution in [0.5, 0.6) is 0 Å². The van der Waals surface area contributed by atoms with Gasteiger partial charge in [-0.15, -0.1) is 0 Å². The van der Waals surface area contributed by atoms with Crippen LogP contribution in [0.4, 0.5) is 8.78 Å². The summed E-state index contributed by atoms with van der Waals surface area (Å²) in [6.07, 6.45) is 7.85. The fraction of sp³-hybridized carbons (Fsp3) is 0.720. The molecule has 8 aliphatic rings. The number of aliphatic hydroxyl groups is 3. The Kier molecular flexibility index (Phi) is 17.1. The first-order valence-electron chi connectivity index (χ1n) is 23.9. The number of hydrogen-bond acceptors (Lipinski definition) is 15. The number of aliphatic hydroxyl groups excluding tert-OH is 2. The van der Waals surface area contributed by atoms with Crippen molar-refractivity contribution < 1.29 is 140 Å². The van der Waals surface area contributed by atoms with E-state index >= 15 is 8.78 Å². The van der Waals surface area contributed by atoms with E-state index in [9.17, 15) is 58.4 Å². The second-order valence-electron chi connectivity index (χ2n) is 21.7. The van der Waals surface area contributed by atoms with Gasteiger partial charge >= 0.3 is 71.1 Å². The maximum absolute atomic E-state index is 17.4. The van der Waals surface area contributed by atoms with E-state index < -0.39 is 131 Å². The number of allylic oxidation sites excluding steroid dienone is 8. The average Bonchev–Trinajstić information content (AvgIpc) is 3.61. The van der Waals surface area contributed by atoms with E-state index in [1.165, 1.54) is 30.4 Å². The van der Waals surface area contributed by atoms with Crippen LogP contribution < -0.4 is 68.9 Å². The molecule has 3 N–H and O–H groups in total. The molecule has 6 saturated carbocycles. The summed E-state index contributed by atoms with van der Waals surface area (Å²) in [5.41, 5.74) is -11.3. The molecule has 6 fully saturated rings. The first-order chi connectivity index (χ1) is 31.4. The van der Waals surface area contributed by atoms with Crippen molar-refractivity contribution in [1.82, 2.24) is 0 Å². The zero-order valence-corrected chi connectivity index (χ0v) is 46.9. The third kappa shape index (κ3) is 8.55. The molecule has 70 heavy (non-hydrogen) atoms. The molecule has 0 aromatic rings. The van der Waals surface area contributed by atoms with Gasteiger partial charge in [-0.25, -0.2) is 8.78 Å². The van der Waals surface area contributed by atoms with Gasteiger partial charge in [0.1, 0.15) is 12.2 Å². The maximum Gasteiger partial charge on any atom is 1.00 e. The van der Waals surface area contributed by atoms with E-state index in [0.717, 1.165) is 0 Å². The zero-order valence-electron chi connectivity index (χ0n) is 42.0. The van der Waals surface area contributed by atoms with E-state index in [2.05, 4.69) is 4.52 Å². The summed E-state index contributed by atoms with van der Waals surface area (Å²) in [5, 5.41) is 34.3. The monoisotopic (exact) mass is 1020 g/mol. The van der Waals surface area contributed by atoms with Crippen LogP contribution in [0.1, 0.15) is 120 Å². The summed E-state index contributed by atoms with van der Waals surface area (Å²) in [5.74, 6) is -6.36. The topological polar surface area (TPSA) is 254 Å². The number of Topliss-reactive ketones (excluding diaryl/α,β-unsaturated/α-hetero) is 2. The van der Waals surface area contributed by atoms with E-state index in [0.29, 0.717) is 43.3 Å². The fourth-order valence-electron chi connectivity index (χ4n) is 15.4. The Labute approximate surface area is 452 Å². The third-order valence-electron chi connectivity index (χ3n) is 18.8. The normalized spacial score (nSPS) is 44.1. The molecule has 20 heteroatoms. The minimum atomic E-state index is -5.43. The van der Waals surface area contributed by atoms with E-state index in [1.54, 1.807) is 54.5 Å². The van der Waals surface area contributed by atoms with Crippen molar-refractivity contribution in [3.8, 4) is 0 Å². The van der Waals surface area contributed by atoms with Gasteiger partial charge in [-0.05, 0) is 107 Å². The molecule has 0 aliphatic heterocycles. The van der Waals surface area contributed by atoms with E-state index in [4.69, 9.17) is 9.47 Å². The number of rotatable bonds is 10. The molecule has 8 rings (SSSR count). The predicted octanol–water partition coefficient (Wildman–Crippen LogP) is -1.43. The van der Waals surface area contributed by atoms with Crippen LogP contribution in [0.3, 0.4) is 0 Å².